The molecule has 0 bridgehead atoms. The summed E-state index contributed by atoms with van der Waals surface area (Å²) in [6.07, 6.45) is 2.82. The molecule has 0 saturated carbocycles. The van der Waals surface area contributed by atoms with Crippen molar-refractivity contribution in [3.05, 3.63) is 48.5 Å². The van der Waals surface area contributed by atoms with Crippen molar-refractivity contribution in [1.29, 1.82) is 0 Å². The molecule has 0 radical (unpaired) electrons. The molecule has 4 rings (SSSR count). The predicted octanol–water partition coefficient (Wildman–Crippen LogP) is 4.12. The molecule has 158 valence electrons. The van der Waals surface area contributed by atoms with Gasteiger partial charge >= 0.3 is 0 Å². The molecule has 7 nitrogen and oxygen atoms in total. The smallest absolute Gasteiger partial charge is 0.257 e. The van der Waals surface area contributed by atoms with Crippen molar-refractivity contribution in [2.24, 2.45) is 0 Å². The van der Waals surface area contributed by atoms with Crippen molar-refractivity contribution in [1.82, 2.24) is 9.29 Å². The molecule has 0 aliphatic carbocycles. The van der Waals surface area contributed by atoms with Crippen molar-refractivity contribution in [2.45, 2.75) is 42.3 Å². The van der Waals surface area contributed by atoms with Gasteiger partial charge in [-0.1, -0.05) is 30.3 Å². The van der Waals surface area contributed by atoms with Crippen molar-refractivity contribution in [2.75, 3.05) is 17.6 Å². The van der Waals surface area contributed by atoms with Gasteiger partial charge in [-0.15, -0.1) is 0 Å². The number of carbonyl (C=O) groups excluding carboxylic acids is 1. The van der Waals surface area contributed by atoms with Crippen LogP contribution in [0.4, 0.5) is 5.69 Å². The molecule has 2 aromatic carbocycles. The van der Waals surface area contributed by atoms with Crippen LogP contribution in [0.2, 0.25) is 0 Å². The van der Waals surface area contributed by atoms with E-state index in [4.69, 9.17) is 4.42 Å². The SMILES string of the molecule is C[C@@H]1CCCCN1S(=O)(=O)c1ccc(NC(=O)CSc2nc3ccccc3o2)cc1. The van der Waals surface area contributed by atoms with Crippen molar-refractivity contribution in [3.63, 3.8) is 0 Å². The topological polar surface area (TPSA) is 92.5 Å². The summed E-state index contributed by atoms with van der Waals surface area (Å²) >= 11 is 1.21. The van der Waals surface area contributed by atoms with E-state index in [2.05, 4.69) is 10.3 Å². The highest BCUT2D eigenvalue weighted by Gasteiger charge is 2.30. The number of para-hydroxylation sites is 2. The summed E-state index contributed by atoms with van der Waals surface area (Å²) in [5, 5.41) is 3.21. The Balaban J connectivity index is 1.36. The molecule has 2 heterocycles. The number of aromatic nitrogens is 1. The number of piperidine rings is 1. The van der Waals surface area contributed by atoms with E-state index in [-0.39, 0.29) is 22.6 Å². The monoisotopic (exact) mass is 445 g/mol. The second-order valence-corrected chi connectivity index (χ2v) is 10.1. The molecule has 3 aromatic rings. The minimum absolute atomic E-state index is 0.00649. The standard InChI is InChI=1S/C21H23N3O4S2/c1-15-6-4-5-13-24(15)30(26,27)17-11-9-16(10-12-17)22-20(25)14-29-21-23-18-7-2-3-8-19(18)28-21/h2-3,7-12,15H,4-6,13-14H2,1H3,(H,22,25)/t15-/m1/s1. The largest absolute Gasteiger partial charge is 0.431 e. The van der Waals surface area contributed by atoms with E-state index in [1.165, 1.54) is 11.8 Å². The summed E-state index contributed by atoms with van der Waals surface area (Å²) in [6.45, 7) is 2.49. The highest BCUT2D eigenvalue weighted by molar-refractivity contribution is 7.99. The molecule has 30 heavy (non-hydrogen) atoms. The average molecular weight is 446 g/mol. The first-order valence-corrected chi connectivity index (χ1v) is 12.3. The third kappa shape index (κ3) is 4.53. The zero-order valence-electron chi connectivity index (χ0n) is 16.6. The predicted molar refractivity (Wildman–Crippen MR) is 117 cm³/mol. The van der Waals surface area contributed by atoms with Gasteiger partial charge in [0.25, 0.3) is 5.22 Å². The van der Waals surface area contributed by atoms with Crippen LogP contribution in [0, 0.1) is 0 Å². The van der Waals surface area contributed by atoms with Gasteiger partial charge < -0.3 is 9.73 Å². The number of nitrogens with one attached hydrogen (secondary N) is 1. The number of fused-ring (bicyclic) bond motifs is 1. The van der Waals surface area contributed by atoms with Gasteiger partial charge in [-0.25, -0.2) is 13.4 Å². The number of amides is 1. The first-order valence-electron chi connectivity index (χ1n) is 9.83. The van der Waals surface area contributed by atoms with Crippen LogP contribution >= 0.6 is 11.8 Å². The van der Waals surface area contributed by atoms with Gasteiger partial charge in [0.1, 0.15) is 5.52 Å². The summed E-state index contributed by atoms with van der Waals surface area (Å²) in [7, 11) is -3.52. The molecule has 0 spiro atoms. The maximum atomic E-state index is 12.9. The van der Waals surface area contributed by atoms with Gasteiger partial charge in [0.15, 0.2) is 5.58 Å². The number of carbonyl (C=O) groups is 1. The number of thioether (sulfide) groups is 1. The lowest BCUT2D eigenvalue weighted by atomic mass is 10.1. The molecule has 1 aromatic heterocycles. The molecular weight excluding hydrogens is 422 g/mol. The van der Waals surface area contributed by atoms with E-state index in [9.17, 15) is 13.2 Å². The third-order valence-electron chi connectivity index (χ3n) is 5.09. The Bertz CT molecular complexity index is 1110. The van der Waals surface area contributed by atoms with Gasteiger partial charge in [0.2, 0.25) is 15.9 Å². The van der Waals surface area contributed by atoms with Gasteiger partial charge in [-0.2, -0.15) is 4.31 Å². The van der Waals surface area contributed by atoms with E-state index < -0.39 is 10.0 Å². The summed E-state index contributed by atoms with van der Waals surface area (Å²) in [5.41, 5.74) is 1.98. The molecule has 0 unspecified atom stereocenters. The van der Waals surface area contributed by atoms with Gasteiger partial charge in [0, 0.05) is 18.3 Å². The first-order chi connectivity index (χ1) is 14.4. The molecule has 1 atom stereocenters. The van der Waals surface area contributed by atoms with Crippen LogP contribution in [-0.2, 0) is 14.8 Å². The first kappa shape index (κ1) is 20.9. The minimum atomic E-state index is -3.52. The molecule has 1 amide bonds. The lowest BCUT2D eigenvalue weighted by Crippen LogP contribution is -2.41. The number of nitrogens with zero attached hydrogens (tertiary/aromatic N) is 2. The zero-order valence-corrected chi connectivity index (χ0v) is 18.2. The van der Waals surface area contributed by atoms with Crippen molar-refractivity contribution < 1.29 is 17.6 Å². The average Bonchev–Trinajstić information content (AvgIpc) is 3.16. The number of hydrogen-bond donors (Lipinski definition) is 1. The highest BCUT2D eigenvalue weighted by atomic mass is 32.2. The van der Waals surface area contributed by atoms with E-state index >= 15 is 0 Å². The quantitative estimate of drug-likeness (QED) is 0.574. The Labute approximate surface area is 179 Å². The minimum Gasteiger partial charge on any atom is -0.431 e. The summed E-state index contributed by atoms with van der Waals surface area (Å²) in [4.78, 5) is 16.8. The Morgan fingerprint density at radius 2 is 1.97 bits per heavy atom. The Morgan fingerprint density at radius 1 is 1.20 bits per heavy atom. The van der Waals surface area contributed by atoms with Crippen LogP contribution in [0.3, 0.4) is 0 Å². The van der Waals surface area contributed by atoms with Gasteiger partial charge in [-0.05, 0) is 56.2 Å². The molecule has 1 aliphatic rings. The van der Waals surface area contributed by atoms with E-state index in [0.717, 1.165) is 24.8 Å². The van der Waals surface area contributed by atoms with Crippen molar-refractivity contribution in [3.8, 4) is 0 Å². The number of hydrogen-bond acceptors (Lipinski definition) is 6. The van der Waals surface area contributed by atoms with Crippen molar-refractivity contribution >= 4 is 44.5 Å². The zero-order chi connectivity index (χ0) is 21.1. The molecular formula is C21H23N3O4S2. The Kier molecular flexibility index (Phi) is 6.12. The van der Waals surface area contributed by atoms with Crippen LogP contribution in [0.5, 0.6) is 0 Å². The Morgan fingerprint density at radius 3 is 2.70 bits per heavy atom. The van der Waals surface area contributed by atoms with Crippen LogP contribution in [0.15, 0.2) is 63.1 Å². The maximum Gasteiger partial charge on any atom is 0.257 e. The molecule has 1 fully saturated rings. The Hall–Kier alpha value is -2.36. The number of oxazole rings is 1. The molecule has 1 N–H and O–H groups in total. The molecule has 1 aliphatic heterocycles. The van der Waals surface area contributed by atoms with Crippen LogP contribution < -0.4 is 5.32 Å². The van der Waals surface area contributed by atoms with Crippen LogP contribution in [0.1, 0.15) is 26.2 Å². The molecule has 1 saturated heterocycles. The fourth-order valence-corrected chi connectivity index (χ4v) is 5.85. The second kappa shape index (κ2) is 8.79. The maximum absolute atomic E-state index is 12.9. The number of benzene rings is 2. The van der Waals surface area contributed by atoms with E-state index in [1.807, 2.05) is 31.2 Å². The van der Waals surface area contributed by atoms with Gasteiger partial charge in [0.05, 0.1) is 10.6 Å². The van der Waals surface area contributed by atoms with Crippen LogP contribution in [-0.4, -0.2) is 42.0 Å². The summed E-state index contributed by atoms with van der Waals surface area (Å²) in [6, 6.07) is 13.7. The third-order valence-corrected chi connectivity index (χ3v) is 7.94. The number of rotatable bonds is 6. The van der Waals surface area contributed by atoms with Crippen LogP contribution in [0.25, 0.3) is 11.1 Å². The van der Waals surface area contributed by atoms with E-state index in [1.54, 1.807) is 28.6 Å². The summed E-state index contributed by atoms with van der Waals surface area (Å²) in [5.74, 6) is -0.0828. The van der Waals surface area contributed by atoms with Gasteiger partial charge in [-0.3, -0.25) is 4.79 Å². The second-order valence-electron chi connectivity index (χ2n) is 7.27. The van der Waals surface area contributed by atoms with E-state index in [0.29, 0.717) is 23.0 Å². The summed E-state index contributed by atoms with van der Waals surface area (Å²) < 4.78 is 32.9. The lowest BCUT2D eigenvalue weighted by Gasteiger charge is -2.32. The fourth-order valence-electron chi connectivity index (χ4n) is 3.51. The normalized spacial score (nSPS) is 17.8. The highest BCUT2D eigenvalue weighted by Crippen LogP contribution is 2.26. The number of anilines is 1. The lowest BCUT2D eigenvalue weighted by molar-refractivity contribution is -0.113. The number of sulfonamides is 1. The fraction of sp³-hybridized carbons (Fsp3) is 0.333. The molecule has 9 heteroatoms.